The van der Waals surface area contributed by atoms with E-state index in [2.05, 4.69) is 11.1 Å². The molecule has 0 N–H and O–H groups in total. The van der Waals surface area contributed by atoms with Gasteiger partial charge < -0.3 is 18.6 Å². The van der Waals surface area contributed by atoms with E-state index in [-0.39, 0.29) is 29.5 Å². The standard InChI is InChI=1S/C26H35NO6S/c1-17(28)34-15-20-8-7-19(14-30-2)25(29)26(20,32-16-31-3)13-23-22-12-21(9-6-18-4-5-18)33-24(22)10-11-27-23/h10-12,18-20H,4-9,13-16H2,1-3H3/t19?,20-,26+/m0/s1. The summed E-state index contributed by atoms with van der Waals surface area (Å²) in [7, 11) is 3.16. The van der Waals surface area contributed by atoms with Gasteiger partial charge in [0.25, 0.3) is 0 Å². The van der Waals surface area contributed by atoms with Gasteiger partial charge in [-0.1, -0.05) is 24.6 Å². The summed E-state index contributed by atoms with van der Waals surface area (Å²) in [6.07, 6.45) is 8.20. The number of fused-ring (bicyclic) bond motifs is 1. The second-order valence-electron chi connectivity index (χ2n) is 9.57. The van der Waals surface area contributed by atoms with Crippen molar-refractivity contribution in [1.82, 2.24) is 4.98 Å². The number of furan rings is 1. The van der Waals surface area contributed by atoms with Crippen molar-refractivity contribution in [3.05, 3.63) is 29.8 Å². The summed E-state index contributed by atoms with van der Waals surface area (Å²) in [6, 6.07) is 3.95. The van der Waals surface area contributed by atoms with Gasteiger partial charge in [0.05, 0.1) is 12.3 Å². The predicted molar refractivity (Wildman–Crippen MR) is 131 cm³/mol. The van der Waals surface area contributed by atoms with E-state index in [4.69, 9.17) is 18.6 Å². The van der Waals surface area contributed by atoms with Gasteiger partial charge in [-0.15, -0.1) is 0 Å². The number of rotatable bonds is 12. The van der Waals surface area contributed by atoms with Gasteiger partial charge in [0, 0.05) is 63.2 Å². The van der Waals surface area contributed by atoms with E-state index >= 15 is 0 Å². The van der Waals surface area contributed by atoms with Gasteiger partial charge in [-0.3, -0.25) is 14.6 Å². The second kappa shape index (κ2) is 11.3. The second-order valence-corrected chi connectivity index (χ2v) is 10.8. The van der Waals surface area contributed by atoms with Crippen molar-refractivity contribution in [2.45, 2.75) is 57.5 Å². The number of thioether (sulfide) groups is 1. The molecule has 0 aromatic carbocycles. The predicted octanol–water partition coefficient (Wildman–Crippen LogP) is 4.59. The molecule has 0 saturated heterocycles. The zero-order chi connectivity index (χ0) is 24.1. The number of Topliss-reactive ketones (excluding diaryl/α,β-unsaturated/α-hetero) is 1. The third-order valence-corrected chi connectivity index (χ3v) is 8.08. The Kier molecular flexibility index (Phi) is 8.45. The molecule has 2 saturated carbocycles. The number of ether oxygens (including phenoxy) is 3. The maximum absolute atomic E-state index is 13.9. The average molecular weight is 490 g/mol. The fourth-order valence-corrected chi connectivity index (χ4v) is 5.95. The van der Waals surface area contributed by atoms with Crippen LogP contribution in [0.1, 0.15) is 50.5 Å². The lowest BCUT2D eigenvalue weighted by Gasteiger charge is -2.44. The molecule has 1 unspecified atom stereocenters. The van der Waals surface area contributed by atoms with E-state index in [1.807, 2.05) is 6.07 Å². The number of nitrogens with zero attached hydrogens (tertiary/aromatic N) is 1. The Morgan fingerprint density at radius 1 is 1.24 bits per heavy atom. The maximum atomic E-state index is 13.9. The summed E-state index contributed by atoms with van der Waals surface area (Å²) in [5.74, 6) is 1.89. The van der Waals surface area contributed by atoms with Crippen molar-refractivity contribution in [3.8, 4) is 0 Å². The first-order chi connectivity index (χ1) is 16.5. The first-order valence-electron chi connectivity index (χ1n) is 12.1. The number of ketones is 1. The summed E-state index contributed by atoms with van der Waals surface area (Å²) in [5, 5.41) is 0.954. The van der Waals surface area contributed by atoms with Crippen molar-refractivity contribution < 1.29 is 28.2 Å². The molecule has 2 aliphatic rings. The van der Waals surface area contributed by atoms with Crippen LogP contribution in [0.3, 0.4) is 0 Å². The van der Waals surface area contributed by atoms with Crippen LogP contribution in [0.4, 0.5) is 0 Å². The third kappa shape index (κ3) is 5.73. The van der Waals surface area contributed by atoms with Gasteiger partial charge in [-0.25, -0.2) is 0 Å². The maximum Gasteiger partial charge on any atom is 0.185 e. The molecule has 7 nitrogen and oxygen atoms in total. The van der Waals surface area contributed by atoms with E-state index in [0.717, 1.165) is 47.6 Å². The van der Waals surface area contributed by atoms with Gasteiger partial charge in [-0.05, 0) is 37.3 Å². The Balaban J connectivity index is 1.68. The fourth-order valence-electron chi connectivity index (χ4n) is 5.08. The molecule has 2 aromatic rings. The summed E-state index contributed by atoms with van der Waals surface area (Å²) >= 11 is 1.24. The van der Waals surface area contributed by atoms with Gasteiger partial charge in [0.15, 0.2) is 10.9 Å². The minimum atomic E-state index is -1.15. The van der Waals surface area contributed by atoms with Crippen LogP contribution in [0.15, 0.2) is 22.7 Å². The Morgan fingerprint density at radius 2 is 2.06 bits per heavy atom. The summed E-state index contributed by atoms with van der Waals surface area (Å²) in [4.78, 5) is 30.4. The lowest BCUT2D eigenvalue weighted by molar-refractivity contribution is -0.186. The van der Waals surface area contributed by atoms with E-state index < -0.39 is 5.60 Å². The van der Waals surface area contributed by atoms with Crippen LogP contribution in [0.5, 0.6) is 0 Å². The smallest absolute Gasteiger partial charge is 0.185 e. The van der Waals surface area contributed by atoms with Crippen molar-refractivity contribution in [3.63, 3.8) is 0 Å². The molecule has 8 heteroatoms. The van der Waals surface area contributed by atoms with Crippen molar-refractivity contribution in [2.75, 3.05) is 33.4 Å². The number of hydrogen-bond donors (Lipinski definition) is 0. The van der Waals surface area contributed by atoms with Crippen LogP contribution in [0.25, 0.3) is 11.0 Å². The molecule has 2 heterocycles. The topological polar surface area (TPSA) is 87.9 Å². The minimum absolute atomic E-state index is 0.00283. The zero-order valence-corrected chi connectivity index (χ0v) is 21.2. The SMILES string of the molecule is COCO[C@@]1(Cc2nccc3oc(CCC4CC4)cc23)C(=O)C(COC)CC[C@H]1CSC(C)=O. The van der Waals surface area contributed by atoms with Crippen molar-refractivity contribution in [1.29, 1.82) is 0 Å². The number of carbonyl (C=O) groups is 2. The first kappa shape index (κ1) is 25.4. The number of hydrogen-bond acceptors (Lipinski definition) is 8. The van der Waals surface area contributed by atoms with Gasteiger partial charge >= 0.3 is 0 Å². The lowest BCUT2D eigenvalue weighted by Crippen LogP contribution is -2.57. The van der Waals surface area contributed by atoms with E-state index in [1.165, 1.54) is 24.6 Å². The molecule has 0 amide bonds. The number of pyridine rings is 1. The summed E-state index contributed by atoms with van der Waals surface area (Å²) in [5.41, 5.74) is 0.412. The van der Waals surface area contributed by atoms with Gasteiger partial charge in [0.2, 0.25) is 0 Å². The largest absolute Gasteiger partial charge is 0.461 e. The van der Waals surface area contributed by atoms with Crippen LogP contribution in [-0.4, -0.2) is 54.9 Å². The van der Waals surface area contributed by atoms with Crippen LogP contribution in [0, 0.1) is 17.8 Å². The molecule has 2 aliphatic carbocycles. The molecule has 0 spiro atoms. The highest BCUT2D eigenvalue weighted by Crippen LogP contribution is 2.42. The molecule has 186 valence electrons. The van der Waals surface area contributed by atoms with E-state index in [1.54, 1.807) is 27.3 Å². The highest BCUT2D eigenvalue weighted by Gasteiger charge is 2.52. The highest BCUT2D eigenvalue weighted by atomic mass is 32.2. The molecule has 3 atom stereocenters. The number of aromatic nitrogens is 1. The molecule has 2 fully saturated rings. The zero-order valence-electron chi connectivity index (χ0n) is 20.3. The summed E-state index contributed by atoms with van der Waals surface area (Å²) < 4.78 is 23.0. The molecule has 0 radical (unpaired) electrons. The van der Waals surface area contributed by atoms with E-state index in [0.29, 0.717) is 25.2 Å². The quantitative estimate of drug-likeness (QED) is 0.400. The molecular formula is C26H35NO6S. The summed E-state index contributed by atoms with van der Waals surface area (Å²) in [6.45, 7) is 1.89. The molecule has 4 rings (SSSR count). The molecule has 34 heavy (non-hydrogen) atoms. The first-order valence-corrected chi connectivity index (χ1v) is 13.1. The van der Waals surface area contributed by atoms with Crippen LogP contribution in [0.2, 0.25) is 0 Å². The number of methoxy groups -OCH3 is 2. The number of aryl methyl sites for hydroxylation is 1. The van der Waals surface area contributed by atoms with Crippen molar-refractivity contribution in [2.24, 2.45) is 17.8 Å². The van der Waals surface area contributed by atoms with Crippen LogP contribution < -0.4 is 0 Å². The molecule has 0 aliphatic heterocycles. The molecular weight excluding hydrogens is 454 g/mol. The molecule has 0 bridgehead atoms. The number of carbonyl (C=O) groups excluding carboxylic acids is 2. The van der Waals surface area contributed by atoms with Crippen molar-refractivity contribution >= 4 is 33.6 Å². The Labute approximate surface area is 205 Å². The highest BCUT2D eigenvalue weighted by molar-refractivity contribution is 8.13. The molecule has 2 aromatic heterocycles. The normalized spacial score (nSPS) is 25.2. The Morgan fingerprint density at radius 3 is 2.76 bits per heavy atom. The fraction of sp³-hybridized carbons (Fsp3) is 0.654. The third-order valence-electron chi connectivity index (χ3n) is 7.11. The minimum Gasteiger partial charge on any atom is -0.461 e. The monoisotopic (exact) mass is 489 g/mol. The average Bonchev–Trinajstić information content (AvgIpc) is 3.55. The van der Waals surface area contributed by atoms with Crippen LogP contribution >= 0.6 is 11.8 Å². The van der Waals surface area contributed by atoms with E-state index in [9.17, 15) is 9.59 Å². The van der Waals surface area contributed by atoms with Gasteiger partial charge in [0.1, 0.15) is 23.7 Å². The Hall–Kier alpha value is -1.74. The van der Waals surface area contributed by atoms with Gasteiger partial charge in [-0.2, -0.15) is 0 Å². The van der Waals surface area contributed by atoms with Crippen LogP contribution in [-0.2, 0) is 36.6 Å². The lowest BCUT2D eigenvalue weighted by atomic mass is 9.68. The Bertz CT molecular complexity index is 1000.